The van der Waals surface area contributed by atoms with Gasteiger partial charge in [-0.2, -0.15) is 0 Å². The minimum atomic E-state index is -0.967. The van der Waals surface area contributed by atoms with E-state index in [-0.39, 0.29) is 25.2 Å². The second-order valence-electron chi connectivity index (χ2n) is 9.27. The van der Waals surface area contributed by atoms with Crippen molar-refractivity contribution in [1.82, 2.24) is 5.32 Å². The van der Waals surface area contributed by atoms with Crippen LogP contribution >= 0.6 is 0 Å². The Hall–Kier alpha value is -4.72. The van der Waals surface area contributed by atoms with E-state index in [0.717, 1.165) is 22.4 Å². The summed E-state index contributed by atoms with van der Waals surface area (Å²) < 4.78 is 22.4. The molecule has 3 aromatic carbocycles. The highest BCUT2D eigenvalue weighted by Gasteiger charge is 2.57. The van der Waals surface area contributed by atoms with Gasteiger partial charge in [0.15, 0.2) is 11.5 Å². The number of benzene rings is 3. The quantitative estimate of drug-likeness (QED) is 0.448. The second-order valence-corrected chi connectivity index (χ2v) is 9.27. The molecule has 1 unspecified atom stereocenters. The molecule has 1 spiro atoms. The lowest BCUT2D eigenvalue weighted by molar-refractivity contribution is -0.122. The zero-order chi connectivity index (χ0) is 25.0. The van der Waals surface area contributed by atoms with E-state index in [9.17, 15) is 9.59 Å². The summed E-state index contributed by atoms with van der Waals surface area (Å²) in [5.74, 6) is 2.26. The third-order valence-corrected chi connectivity index (χ3v) is 7.18. The highest BCUT2D eigenvalue weighted by atomic mass is 16.7. The van der Waals surface area contributed by atoms with Gasteiger partial charge in [-0.1, -0.05) is 30.3 Å². The number of furan rings is 1. The number of ether oxygens (including phenoxy) is 3. The van der Waals surface area contributed by atoms with Gasteiger partial charge in [-0.05, 0) is 47.5 Å². The van der Waals surface area contributed by atoms with Crippen molar-refractivity contribution in [3.05, 3.63) is 107 Å². The van der Waals surface area contributed by atoms with Gasteiger partial charge in [0.1, 0.15) is 23.5 Å². The van der Waals surface area contributed by atoms with Crippen molar-refractivity contribution in [3.8, 4) is 17.2 Å². The van der Waals surface area contributed by atoms with Gasteiger partial charge >= 0.3 is 0 Å². The molecule has 7 rings (SSSR count). The summed E-state index contributed by atoms with van der Waals surface area (Å²) in [6, 6.07) is 22.4. The Morgan fingerprint density at radius 1 is 0.892 bits per heavy atom. The molecule has 4 aromatic rings. The van der Waals surface area contributed by atoms with Crippen LogP contribution in [0.5, 0.6) is 17.2 Å². The molecule has 1 atom stereocenters. The normalized spacial score (nSPS) is 18.6. The third-order valence-electron chi connectivity index (χ3n) is 7.18. The highest BCUT2D eigenvalue weighted by molar-refractivity contribution is 6.11. The third kappa shape index (κ3) is 3.29. The van der Waals surface area contributed by atoms with Crippen LogP contribution in [0, 0.1) is 0 Å². The number of carbonyl (C=O) groups excluding carboxylic acids is 2. The maximum atomic E-state index is 14.2. The van der Waals surface area contributed by atoms with Crippen molar-refractivity contribution < 1.29 is 28.2 Å². The van der Waals surface area contributed by atoms with Crippen molar-refractivity contribution in [2.24, 2.45) is 0 Å². The molecular weight excluding hydrogens is 472 g/mol. The molecule has 1 aromatic heterocycles. The topological polar surface area (TPSA) is 90.2 Å². The van der Waals surface area contributed by atoms with Crippen LogP contribution in [0.3, 0.4) is 0 Å². The van der Waals surface area contributed by atoms with Gasteiger partial charge in [0.25, 0.3) is 5.91 Å². The Labute approximate surface area is 212 Å². The summed E-state index contributed by atoms with van der Waals surface area (Å²) in [5, 5.41) is 2.87. The highest BCUT2D eigenvalue weighted by Crippen LogP contribution is 2.55. The molecule has 184 valence electrons. The average Bonchev–Trinajstić information content (AvgIpc) is 3.72. The number of carbonyl (C=O) groups is 2. The van der Waals surface area contributed by atoms with Crippen LogP contribution in [0.25, 0.3) is 0 Å². The lowest BCUT2D eigenvalue weighted by atomic mass is 9.77. The summed E-state index contributed by atoms with van der Waals surface area (Å²) in [6.07, 6.45) is 1.57. The summed E-state index contributed by atoms with van der Waals surface area (Å²) in [7, 11) is 0. The molecule has 37 heavy (non-hydrogen) atoms. The average molecular weight is 495 g/mol. The fraction of sp³-hybridized carbons (Fsp3) is 0.172. The van der Waals surface area contributed by atoms with Gasteiger partial charge in [-0.25, -0.2) is 0 Å². The molecule has 0 radical (unpaired) electrons. The van der Waals surface area contributed by atoms with E-state index in [2.05, 4.69) is 5.32 Å². The summed E-state index contributed by atoms with van der Waals surface area (Å²) in [6.45, 7) is 0.964. The Balaban J connectivity index is 1.20. The number of rotatable bonds is 5. The number of nitrogens with one attached hydrogen (secondary N) is 1. The standard InChI is InChI=1S/C29H22N2O6/c32-27(30-14-20-7-4-10-34-20)19-6-3-5-18(11-19)15-31-23-9-2-1-8-21(23)29(28(31)33)16-35-24-13-26-25(12-22(24)29)36-17-37-26/h1-13H,14-17H2,(H,30,32). The molecule has 3 aliphatic heterocycles. The van der Waals surface area contributed by atoms with Crippen molar-refractivity contribution in [2.45, 2.75) is 18.5 Å². The van der Waals surface area contributed by atoms with Gasteiger partial charge in [0, 0.05) is 22.9 Å². The number of hydrogen-bond donors (Lipinski definition) is 1. The van der Waals surface area contributed by atoms with Gasteiger partial charge in [0.05, 0.1) is 19.4 Å². The largest absolute Gasteiger partial charge is 0.491 e. The Bertz CT molecular complexity index is 1550. The number of hydrogen-bond acceptors (Lipinski definition) is 6. The van der Waals surface area contributed by atoms with E-state index in [4.69, 9.17) is 18.6 Å². The predicted octanol–water partition coefficient (Wildman–Crippen LogP) is 4.16. The molecule has 0 aliphatic carbocycles. The number of fused-ring (bicyclic) bond motifs is 5. The van der Waals surface area contributed by atoms with Crippen LogP contribution in [-0.2, 0) is 23.3 Å². The maximum absolute atomic E-state index is 14.2. The molecule has 0 bridgehead atoms. The molecule has 0 saturated carbocycles. The predicted molar refractivity (Wildman–Crippen MR) is 133 cm³/mol. The summed E-state index contributed by atoms with van der Waals surface area (Å²) in [4.78, 5) is 28.7. The van der Waals surface area contributed by atoms with Crippen LogP contribution in [0.4, 0.5) is 5.69 Å². The molecular formula is C29H22N2O6. The Morgan fingerprint density at radius 2 is 1.76 bits per heavy atom. The SMILES string of the molecule is O=C(NCc1ccco1)c1cccc(CN2C(=O)C3(COc4cc5c(cc43)OCO5)c3ccccc32)c1. The molecule has 1 N–H and O–H groups in total. The first-order valence-electron chi connectivity index (χ1n) is 12.0. The number of anilines is 1. The van der Waals surface area contributed by atoms with Gasteiger partial charge < -0.3 is 28.8 Å². The Morgan fingerprint density at radius 3 is 2.62 bits per heavy atom. The zero-order valence-corrected chi connectivity index (χ0v) is 19.7. The van der Waals surface area contributed by atoms with E-state index in [0.29, 0.717) is 41.7 Å². The molecule has 0 saturated heterocycles. The monoisotopic (exact) mass is 494 g/mol. The van der Waals surface area contributed by atoms with Gasteiger partial charge in [0.2, 0.25) is 12.7 Å². The lowest BCUT2D eigenvalue weighted by Crippen LogP contribution is -2.42. The van der Waals surface area contributed by atoms with Crippen molar-refractivity contribution in [2.75, 3.05) is 18.3 Å². The first-order valence-corrected chi connectivity index (χ1v) is 12.0. The minimum Gasteiger partial charge on any atom is -0.491 e. The van der Waals surface area contributed by atoms with Crippen molar-refractivity contribution >= 4 is 17.5 Å². The molecule has 4 heterocycles. The number of amides is 2. The van der Waals surface area contributed by atoms with Crippen LogP contribution < -0.4 is 24.4 Å². The summed E-state index contributed by atoms with van der Waals surface area (Å²) in [5.41, 5.74) is 2.89. The molecule has 8 heteroatoms. The zero-order valence-electron chi connectivity index (χ0n) is 19.7. The first-order chi connectivity index (χ1) is 18.1. The lowest BCUT2D eigenvalue weighted by Gasteiger charge is -2.23. The fourth-order valence-electron chi connectivity index (χ4n) is 5.40. The van der Waals surface area contributed by atoms with Gasteiger partial charge in [-0.15, -0.1) is 0 Å². The fourth-order valence-corrected chi connectivity index (χ4v) is 5.40. The summed E-state index contributed by atoms with van der Waals surface area (Å²) >= 11 is 0. The second kappa shape index (κ2) is 8.16. The van der Waals surface area contributed by atoms with E-state index < -0.39 is 5.41 Å². The minimum absolute atomic E-state index is 0.0704. The van der Waals surface area contributed by atoms with Gasteiger partial charge in [-0.3, -0.25) is 9.59 Å². The van der Waals surface area contributed by atoms with E-state index in [1.54, 1.807) is 35.4 Å². The van der Waals surface area contributed by atoms with E-state index in [1.807, 2.05) is 48.5 Å². The molecule has 3 aliphatic rings. The maximum Gasteiger partial charge on any atom is 0.251 e. The van der Waals surface area contributed by atoms with Crippen LogP contribution in [0.1, 0.15) is 32.8 Å². The molecule has 2 amide bonds. The number of nitrogens with zero attached hydrogens (tertiary/aromatic N) is 1. The van der Waals surface area contributed by atoms with Crippen molar-refractivity contribution in [3.63, 3.8) is 0 Å². The Kier molecular flexibility index (Phi) is 4.75. The van der Waals surface area contributed by atoms with Crippen LogP contribution in [0.15, 0.2) is 83.5 Å². The smallest absolute Gasteiger partial charge is 0.251 e. The number of para-hydroxylation sites is 1. The molecule has 0 fully saturated rings. The van der Waals surface area contributed by atoms with E-state index in [1.165, 1.54) is 0 Å². The van der Waals surface area contributed by atoms with E-state index >= 15 is 0 Å². The van der Waals surface area contributed by atoms with Crippen LogP contribution in [-0.4, -0.2) is 25.2 Å². The molecule has 8 nitrogen and oxygen atoms in total. The first kappa shape index (κ1) is 21.6. The van der Waals surface area contributed by atoms with Crippen molar-refractivity contribution in [1.29, 1.82) is 0 Å². The van der Waals surface area contributed by atoms with Crippen LogP contribution in [0.2, 0.25) is 0 Å².